The van der Waals surface area contributed by atoms with Crippen molar-refractivity contribution in [1.29, 1.82) is 0 Å². The van der Waals surface area contributed by atoms with Crippen molar-refractivity contribution < 1.29 is 49.5 Å². The molecule has 3 heterocycles. The Hall–Kier alpha value is -4.06. The molecule has 6 rings (SSSR count). The Morgan fingerprint density at radius 2 is 1.53 bits per heavy atom. The van der Waals surface area contributed by atoms with E-state index in [-0.39, 0.29) is 36.5 Å². The summed E-state index contributed by atoms with van der Waals surface area (Å²) in [4.78, 5) is 45.5. The summed E-state index contributed by atoms with van der Waals surface area (Å²) in [6.45, 7) is 5.85. The van der Waals surface area contributed by atoms with E-state index in [2.05, 4.69) is 24.6 Å². The van der Waals surface area contributed by atoms with Crippen LogP contribution in [0.25, 0.3) is 0 Å². The lowest BCUT2D eigenvalue weighted by Crippen LogP contribution is -2.59. The van der Waals surface area contributed by atoms with E-state index >= 15 is 0 Å². The molecule has 1 aliphatic carbocycles. The van der Waals surface area contributed by atoms with Gasteiger partial charge >= 0.3 is 0 Å². The maximum Gasteiger partial charge on any atom is 0.263 e. The predicted molar refractivity (Wildman–Crippen MR) is 186 cm³/mol. The zero-order valence-electron chi connectivity index (χ0n) is 29.4. The number of ether oxygens (including phenoxy) is 1. The molecule has 0 N–H and O–H groups in total. The van der Waals surface area contributed by atoms with Crippen LogP contribution in [0.1, 0.15) is 76.4 Å². The van der Waals surface area contributed by atoms with Crippen molar-refractivity contribution in [2.75, 3.05) is 24.8 Å². The van der Waals surface area contributed by atoms with Gasteiger partial charge in [0.2, 0.25) is 21.7 Å². The number of rotatable bonds is 12. The predicted octanol–water partition coefficient (Wildman–Crippen LogP) is 6.73. The van der Waals surface area contributed by atoms with Gasteiger partial charge in [-0.15, -0.1) is 0 Å². The van der Waals surface area contributed by atoms with Crippen molar-refractivity contribution in [2.24, 2.45) is 0 Å². The van der Waals surface area contributed by atoms with Crippen LogP contribution in [0.5, 0.6) is 0 Å². The SMILES string of the molecule is C[Si](C)(C)CCOCN1C(=O)c2ccc(N(Cc3ccc(C4CCCCC4)cn3)C(=O)C3CCN3S(=O)(=O)c3c(F)c(F)c(F)c(F)c3F)cc2C1=O. The van der Waals surface area contributed by atoms with Crippen molar-refractivity contribution in [3.63, 3.8) is 0 Å². The van der Waals surface area contributed by atoms with Crippen LogP contribution in [-0.2, 0) is 26.1 Å². The number of hydrogen-bond donors (Lipinski definition) is 0. The topological polar surface area (TPSA) is 117 Å². The second-order valence-electron chi connectivity index (χ2n) is 14.8. The number of aromatic nitrogens is 1. The van der Waals surface area contributed by atoms with E-state index in [1.165, 1.54) is 18.2 Å². The summed E-state index contributed by atoms with van der Waals surface area (Å²) in [6, 6.07) is 6.88. The molecule has 1 atom stereocenters. The standard InChI is InChI=1S/C36H39F5N4O6SSi/c1-53(2,3)16-15-51-20-44-34(46)25-12-11-24(17-26(25)35(44)47)43(19-23-10-9-22(18-42-23)21-7-5-4-6-8-21)36(48)27-13-14-45(27)52(49,50)33-31(40)29(38)28(37)30(39)32(33)41/h9-12,17-18,21,27H,4-8,13-16,19-20H2,1-3H3. The van der Waals surface area contributed by atoms with Gasteiger partial charge in [0.15, 0.2) is 28.2 Å². The number of nitrogens with zero attached hydrogens (tertiary/aromatic N) is 4. The molecule has 0 bridgehead atoms. The number of fused-ring (bicyclic) bond motifs is 1. The first kappa shape index (κ1) is 38.7. The van der Waals surface area contributed by atoms with Gasteiger partial charge in [-0.3, -0.25) is 19.4 Å². The summed E-state index contributed by atoms with van der Waals surface area (Å²) in [5.41, 5.74) is 1.52. The third-order valence-corrected chi connectivity index (χ3v) is 13.6. The largest absolute Gasteiger partial charge is 0.361 e. The Morgan fingerprint density at radius 3 is 2.11 bits per heavy atom. The summed E-state index contributed by atoms with van der Waals surface area (Å²) in [7, 11) is -6.87. The van der Waals surface area contributed by atoms with Crippen molar-refractivity contribution in [3.8, 4) is 0 Å². The molecule has 3 aliphatic rings. The van der Waals surface area contributed by atoms with E-state index in [0.717, 1.165) is 53.5 Å². The molecule has 1 saturated heterocycles. The van der Waals surface area contributed by atoms with E-state index in [9.17, 15) is 44.8 Å². The number of halogens is 5. The minimum atomic E-state index is -5.42. The van der Waals surface area contributed by atoms with Crippen LogP contribution in [0.4, 0.5) is 27.6 Å². The lowest BCUT2D eigenvalue weighted by Gasteiger charge is -2.41. The van der Waals surface area contributed by atoms with Crippen LogP contribution in [0.3, 0.4) is 0 Å². The third kappa shape index (κ3) is 7.53. The van der Waals surface area contributed by atoms with Crippen LogP contribution in [0.2, 0.25) is 25.7 Å². The Morgan fingerprint density at radius 1 is 0.887 bits per heavy atom. The number of imide groups is 1. The van der Waals surface area contributed by atoms with Crippen molar-refractivity contribution >= 4 is 41.5 Å². The van der Waals surface area contributed by atoms with Gasteiger partial charge in [0.05, 0.1) is 23.4 Å². The second-order valence-corrected chi connectivity index (χ2v) is 22.2. The maximum atomic E-state index is 14.7. The first-order valence-electron chi connectivity index (χ1n) is 17.4. The van der Waals surface area contributed by atoms with Gasteiger partial charge in [-0.1, -0.05) is 45.0 Å². The first-order chi connectivity index (χ1) is 25.0. The molecule has 1 unspecified atom stereocenters. The van der Waals surface area contributed by atoms with Crippen LogP contribution in [0, 0.1) is 29.1 Å². The highest BCUT2D eigenvalue weighted by molar-refractivity contribution is 7.89. The van der Waals surface area contributed by atoms with Crippen LogP contribution in [-0.4, -0.2) is 74.3 Å². The van der Waals surface area contributed by atoms with E-state index in [4.69, 9.17) is 4.74 Å². The van der Waals surface area contributed by atoms with Gasteiger partial charge < -0.3 is 9.64 Å². The second kappa shape index (κ2) is 15.0. The molecule has 17 heteroatoms. The molecule has 2 fully saturated rings. The van der Waals surface area contributed by atoms with Gasteiger partial charge in [0.25, 0.3) is 11.8 Å². The van der Waals surface area contributed by atoms with Gasteiger partial charge in [-0.2, -0.15) is 4.31 Å². The van der Waals surface area contributed by atoms with Crippen molar-refractivity contribution in [2.45, 2.75) is 87.6 Å². The molecule has 1 aromatic heterocycles. The third-order valence-electron chi connectivity index (χ3n) is 9.98. The van der Waals surface area contributed by atoms with E-state index in [1.54, 1.807) is 12.3 Å². The molecule has 2 aliphatic heterocycles. The molecule has 2 aromatic carbocycles. The highest BCUT2D eigenvalue weighted by Gasteiger charge is 2.48. The fraction of sp³-hybridized carbons (Fsp3) is 0.444. The van der Waals surface area contributed by atoms with Crippen molar-refractivity contribution in [3.05, 3.63) is 88.0 Å². The quantitative estimate of drug-likeness (QED) is 0.0500. The summed E-state index contributed by atoms with van der Waals surface area (Å²) in [5, 5.41) is 0. The highest BCUT2D eigenvalue weighted by atomic mass is 32.2. The molecule has 53 heavy (non-hydrogen) atoms. The monoisotopic (exact) mass is 778 g/mol. The highest BCUT2D eigenvalue weighted by Crippen LogP contribution is 2.37. The van der Waals surface area contributed by atoms with Crippen LogP contribution < -0.4 is 4.90 Å². The van der Waals surface area contributed by atoms with Crippen LogP contribution in [0.15, 0.2) is 41.4 Å². The van der Waals surface area contributed by atoms with E-state index < -0.39 is 82.4 Å². The number of anilines is 1. The van der Waals surface area contributed by atoms with Crippen LogP contribution >= 0.6 is 0 Å². The summed E-state index contributed by atoms with van der Waals surface area (Å²) in [5.74, 6) is -14.3. The smallest absolute Gasteiger partial charge is 0.263 e. The number of amides is 3. The van der Waals surface area contributed by atoms with Gasteiger partial charge in [0.1, 0.15) is 12.8 Å². The molecular formula is C36H39F5N4O6SSi. The fourth-order valence-electron chi connectivity index (χ4n) is 6.77. The zero-order valence-corrected chi connectivity index (χ0v) is 31.2. The summed E-state index contributed by atoms with van der Waals surface area (Å²) in [6.07, 6.45) is 6.96. The zero-order chi connectivity index (χ0) is 38.4. The van der Waals surface area contributed by atoms with Gasteiger partial charge in [-0.25, -0.2) is 35.3 Å². The number of hydrogen-bond acceptors (Lipinski definition) is 7. The number of benzene rings is 2. The Balaban J connectivity index is 1.31. The molecule has 3 aromatic rings. The normalized spacial score (nSPS) is 18.3. The molecule has 1 saturated carbocycles. The average molecular weight is 779 g/mol. The average Bonchev–Trinajstić information content (AvgIpc) is 3.34. The van der Waals surface area contributed by atoms with Gasteiger partial charge in [-0.05, 0) is 61.1 Å². The Labute approximate surface area is 305 Å². The molecular weight excluding hydrogens is 740 g/mol. The van der Waals surface area contributed by atoms with E-state index in [1.807, 2.05) is 6.07 Å². The molecule has 0 radical (unpaired) electrons. The number of carbonyl (C=O) groups is 3. The maximum absolute atomic E-state index is 14.7. The molecule has 10 nitrogen and oxygen atoms in total. The first-order valence-corrected chi connectivity index (χ1v) is 22.5. The fourth-order valence-corrected chi connectivity index (χ4v) is 9.27. The van der Waals surface area contributed by atoms with E-state index in [0.29, 0.717) is 22.5 Å². The molecule has 0 spiro atoms. The van der Waals surface area contributed by atoms with Crippen molar-refractivity contribution in [1.82, 2.24) is 14.2 Å². The molecule has 284 valence electrons. The van der Waals surface area contributed by atoms with Gasteiger partial charge in [0, 0.05) is 33.1 Å². The lowest BCUT2D eigenvalue weighted by molar-refractivity contribution is -0.125. The summed E-state index contributed by atoms with van der Waals surface area (Å²) < 4.78 is 104. The number of pyridine rings is 1. The minimum Gasteiger partial charge on any atom is -0.361 e. The Bertz CT molecular complexity index is 2030. The minimum absolute atomic E-state index is 0.0285. The lowest BCUT2D eigenvalue weighted by atomic mass is 9.85. The number of carbonyl (C=O) groups excluding carboxylic acids is 3. The Kier molecular flexibility index (Phi) is 10.9. The summed E-state index contributed by atoms with van der Waals surface area (Å²) >= 11 is 0. The molecule has 3 amide bonds. The number of sulfonamides is 1.